The molecule has 0 spiro atoms. The summed E-state index contributed by atoms with van der Waals surface area (Å²) in [7, 11) is 1.60. The van der Waals surface area contributed by atoms with Gasteiger partial charge in [-0.05, 0) is 17.7 Å². The number of nitriles is 1. The summed E-state index contributed by atoms with van der Waals surface area (Å²) in [6, 6.07) is 19.1. The number of ether oxygens (including phenoxy) is 1. The van der Waals surface area contributed by atoms with E-state index in [2.05, 4.69) is 4.98 Å². The minimum atomic E-state index is -0.375. The smallest absolute Gasteiger partial charge is 0.271 e. The van der Waals surface area contributed by atoms with Gasteiger partial charge in [0.2, 0.25) is 0 Å². The highest BCUT2D eigenvalue weighted by molar-refractivity contribution is 5.64. The molecular weight excluding hydrogens is 302 g/mol. The van der Waals surface area contributed by atoms with Crippen molar-refractivity contribution in [1.29, 1.82) is 5.26 Å². The zero-order valence-electron chi connectivity index (χ0n) is 13.1. The molecule has 0 bridgehead atoms. The quantitative estimate of drug-likeness (QED) is 0.742. The summed E-state index contributed by atoms with van der Waals surface area (Å²) in [4.78, 5) is 16.4. The van der Waals surface area contributed by atoms with E-state index in [4.69, 9.17) is 10.00 Å². The van der Waals surface area contributed by atoms with E-state index in [0.29, 0.717) is 23.7 Å². The Bertz CT molecular complexity index is 956. The van der Waals surface area contributed by atoms with Crippen LogP contribution >= 0.6 is 0 Å². The molecule has 0 radical (unpaired) electrons. The Hall–Kier alpha value is -3.39. The summed E-state index contributed by atoms with van der Waals surface area (Å²) in [5.41, 5.74) is 1.40. The fourth-order valence-electron chi connectivity index (χ4n) is 2.38. The van der Waals surface area contributed by atoms with E-state index in [-0.39, 0.29) is 11.1 Å². The van der Waals surface area contributed by atoms with Crippen LogP contribution in [0.2, 0.25) is 0 Å². The maximum atomic E-state index is 12.1. The van der Waals surface area contributed by atoms with Gasteiger partial charge in [-0.2, -0.15) is 5.26 Å². The topological polar surface area (TPSA) is 67.9 Å². The van der Waals surface area contributed by atoms with Crippen molar-refractivity contribution >= 4 is 0 Å². The largest absolute Gasteiger partial charge is 0.488 e. The van der Waals surface area contributed by atoms with Crippen molar-refractivity contribution in [2.45, 2.75) is 6.61 Å². The second kappa shape index (κ2) is 6.80. The molecule has 0 saturated carbocycles. The zero-order valence-corrected chi connectivity index (χ0v) is 13.1. The second-order valence-corrected chi connectivity index (χ2v) is 5.24. The summed E-state index contributed by atoms with van der Waals surface area (Å²) in [5, 5.41) is 8.94. The molecule has 5 heteroatoms. The molecule has 0 amide bonds. The van der Waals surface area contributed by atoms with Crippen molar-refractivity contribution in [1.82, 2.24) is 9.55 Å². The van der Waals surface area contributed by atoms with Gasteiger partial charge < -0.3 is 4.74 Å². The van der Waals surface area contributed by atoms with Crippen LogP contribution in [0, 0.1) is 11.3 Å². The van der Waals surface area contributed by atoms with E-state index < -0.39 is 0 Å². The van der Waals surface area contributed by atoms with Crippen LogP contribution in [0.3, 0.4) is 0 Å². The Morgan fingerprint density at radius 2 is 1.83 bits per heavy atom. The Labute approximate surface area is 139 Å². The first-order valence-electron chi connectivity index (χ1n) is 7.43. The van der Waals surface area contributed by atoms with E-state index >= 15 is 0 Å². The summed E-state index contributed by atoms with van der Waals surface area (Å²) < 4.78 is 7.27. The molecule has 1 heterocycles. The molecule has 0 unspecified atom stereocenters. The van der Waals surface area contributed by atoms with E-state index in [1.165, 1.54) is 10.8 Å². The van der Waals surface area contributed by atoms with Gasteiger partial charge in [-0.25, -0.2) is 4.98 Å². The van der Waals surface area contributed by atoms with Gasteiger partial charge in [0.25, 0.3) is 5.56 Å². The number of nitrogens with zero attached hydrogens (tertiary/aromatic N) is 3. The minimum absolute atomic E-state index is 0.0175. The van der Waals surface area contributed by atoms with Crippen molar-refractivity contribution in [3.05, 3.63) is 82.3 Å². The third-order valence-electron chi connectivity index (χ3n) is 3.65. The van der Waals surface area contributed by atoms with E-state index in [9.17, 15) is 4.79 Å². The molecule has 0 N–H and O–H groups in total. The number of aromatic nitrogens is 2. The maximum absolute atomic E-state index is 12.1. The summed E-state index contributed by atoms with van der Waals surface area (Å²) in [6.45, 7) is 0.419. The number of rotatable bonds is 4. The Morgan fingerprint density at radius 1 is 1.12 bits per heavy atom. The monoisotopic (exact) mass is 317 g/mol. The van der Waals surface area contributed by atoms with Crippen LogP contribution in [-0.2, 0) is 13.7 Å². The summed E-state index contributed by atoms with van der Waals surface area (Å²) >= 11 is 0. The molecule has 2 aromatic carbocycles. The highest BCUT2D eigenvalue weighted by Crippen LogP contribution is 2.28. The predicted molar refractivity (Wildman–Crippen MR) is 90.4 cm³/mol. The molecule has 0 fully saturated rings. The van der Waals surface area contributed by atoms with Gasteiger partial charge in [-0.3, -0.25) is 9.36 Å². The Kier molecular flexibility index (Phi) is 4.39. The van der Waals surface area contributed by atoms with Gasteiger partial charge in [0, 0.05) is 7.05 Å². The van der Waals surface area contributed by atoms with Gasteiger partial charge >= 0.3 is 0 Å². The molecule has 1 aromatic heterocycles. The molecular formula is C19H15N3O2. The highest BCUT2D eigenvalue weighted by Gasteiger charge is 2.13. The third kappa shape index (κ3) is 3.03. The minimum Gasteiger partial charge on any atom is -0.488 e. The molecule has 24 heavy (non-hydrogen) atoms. The van der Waals surface area contributed by atoms with Crippen LogP contribution < -0.4 is 10.3 Å². The fraction of sp³-hybridized carbons (Fsp3) is 0.105. The van der Waals surface area contributed by atoms with Crippen molar-refractivity contribution in [3.8, 4) is 23.2 Å². The van der Waals surface area contributed by atoms with Crippen LogP contribution in [0.4, 0.5) is 0 Å². The third-order valence-corrected chi connectivity index (χ3v) is 3.65. The lowest BCUT2D eigenvalue weighted by Gasteiger charge is -2.13. The molecule has 3 rings (SSSR count). The van der Waals surface area contributed by atoms with Crippen LogP contribution in [0.25, 0.3) is 11.4 Å². The highest BCUT2D eigenvalue weighted by atomic mass is 16.5. The summed E-state index contributed by atoms with van der Waals surface area (Å²) in [6.07, 6.45) is 1.30. The Balaban J connectivity index is 1.97. The first-order valence-corrected chi connectivity index (χ1v) is 7.43. The number of para-hydroxylation sites is 1. The standard InChI is InChI=1S/C19H15N3O2/c1-22-18(21-12-15(11-20)19(22)23)16-9-5-6-10-17(16)24-13-14-7-3-2-4-8-14/h2-10,12H,13H2,1H3. The average molecular weight is 317 g/mol. The van der Waals surface area contributed by atoms with Gasteiger partial charge in [0.05, 0.1) is 11.8 Å². The fourth-order valence-corrected chi connectivity index (χ4v) is 2.38. The van der Waals surface area contributed by atoms with Crippen LogP contribution in [0.1, 0.15) is 11.1 Å². The van der Waals surface area contributed by atoms with E-state index in [1.807, 2.05) is 60.7 Å². The van der Waals surface area contributed by atoms with Gasteiger partial charge in [0.1, 0.15) is 29.8 Å². The lowest BCUT2D eigenvalue weighted by molar-refractivity contribution is 0.307. The molecule has 0 aliphatic rings. The van der Waals surface area contributed by atoms with Crippen LogP contribution in [-0.4, -0.2) is 9.55 Å². The van der Waals surface area contributed by atoms with Gasteiger partial charge in [-0.1, -0.05) is 42.5 Å². The van der Waals surface area contributed by atoms with Crippen molar-refractivity contribution in [2.24, 2.45) is 7.05 Å². The van der Waals surface area contributed by atoms with Gasteiger partial charge in [-0.15, -0.1) is 0 Å². The van der Waals surface area contributed by atoms with Crippen LogP contribution in [0.15, 0.2) is 65.6 Å². The molecule has 0 atom stereocenters. The lowest BCUT2D eigenvalue weighted by atomic mass is 10.1. The van der Waals surface area contributed by atoms with E-state index in [1.54, 1.807) is 7.05 Å². The second-order valence-electron chi connectivity index (χ2n) is 5.24. The van der Waals surface area contributed by atoms with E-state index in [0.717, 1.165) is 5.56 Å². The molecule has 5 nitrogen and oxygen atoms in total. The average Bonchev–Trinajstić information content (AvgIpc) is 2.63. The summed E-state index contributed by atoms with van der Waals surface area (Å²) in [5.74, 6) is 1.09. The molecule has 0 saturated heterocycles. The molecule has 118 valence electrons. The maximum Gasteiger partial charge on any atom is 0.271 e. The first-order chi connectivity index (χ1) is 11.7. The van der Waals surface area contributed by atoms with Gasteiger partial charge in [0.15, 0.2) is 0 Å². The first kappa shape index (κ1) is 15.5. The Morgan fingerprint density at radius 3 is 2.58 bits per heavy atom. The number of hydrogen-bond donors (Lipinski definition) is 0. The van der Waals surface area contributed by atoms with Crippen molar-refractivity contribution in [3.63, 3.8) is 0 Å². The normalized spacial score (nSPS) is 10.2. The lowest BCUT2D eigenvalue weighted by Crippen LogP contribution is -2.22. The number of hydrogen-bond acceptors (Lipinski definition) is 4. The zero-order chi connectivity index (χ0) is 16.9. The van der Waals surface area contributed by atoms with Crippen LogP contribution in [0.5, 0.6) is 5.75 Å². The van der Waals surface area contributed by atoms with Crippen molar-refractivity contribution in [2.75, 3.05) is 0 Å². The predicted octanol–water partition coefficient (Wildman–Crippen LogP) is 2.90. The molecule has 3 aromatic rings. The molecule has 0 aliphatic heterocycles. The number of benzene rings is 2. The van der Waals surface area contributed by atoms with Crippen molar-refractivity contribution < 1.29 is 4.74 Å². The molecule has 0 aliphatic carbocycles. The SMILES string of the molecule is Cn1c(-c2ccccc2OCc2ccccc2)ncc(C#N)c1=O.